The first-order valence-electron chi connectivity index (χ1n) is 6.50. The van der Waals surface area contributed by atoms with Gasteiger partial charge in [-0.2, -0.15) is 0 Å². The lowest BCUT2D eigenvalue weighted by atomic mass is 10.1. The molecule has 110 valence electrons. The highest BCUT2D eigenvalue weighted by Gasteiger charge is 2.13. The second kappa shape index (κ2) is 6.26. The van der Waals surface area contributed by atoms with Crippen LogP contribution in [0, 0.1) is 12.7 Å². The summed E-state index contributed by atoms with van der Waals surface area (Å²) >= 11 is 3.28. The number of anilines is 1. The van der Waals surface area contributed by atoms with E-state index < -0.39 is 0 Å². The van der Waals surface area contributed by atoms with Crippen LogP contribution in [0.5, 0.6) is 0 Å². The summed E-state index contributed by atoms with van der Waals surface area (Å²) in [4.78, 5) is 12.2. The first-order valence-corrected chi connectivity index (χ1v) is 7.29. The number of rotatable bonds is 3. The summed E-state index contributed by atoms with van der Waals surface area (Å²) in [6, 6.07) is 9.65. The summed E-state index contributed by atoms with van der Waals surface area (Å²) < 4.78 is 14.3. The quantitative estimate of drug-likeness (QED) is 0.823. The van der Waals surface area contributed by atoms with Crippen LogP contribution < -0.4 is 11.1 Å². The van der Waals surface area contributed by atoms with E-state index in [0.717, 1.165) is 10.0 Å². The minimum atomic E-state index is -0.294. The number of halogens is 2. The van der Waals surface area contributed by atoms with Crippen LogP contribution >= 0.6 is 15.9 Å². The Bertz CT molecular complexity index is 688. The molecule has 2 aromatic rings. The molecule has 0 saturated heterocycles. The molecule has 0 aliphatic carbocycles. The minimum Gasteiger partial charge on any atom is -0.398 e. The molecule has 0 aliphatic heterocycles. The molecule has 0 fully saturated rings. The number of nitrogen functional groups attached to an aromatic ring is 1. The number of carbonyl (C=O) groups is 1. The average molecular weight is 351 g/mol. The number of carbonyl (C=O) groups excluding carboxylic acids is 1. The van der Waals surface area contributed by atoms with Crippen molar-refractivity contribution in [1.82, 2.24) is 5.32 Å². The van der Waals surface area contributed by atoms with Crippen molar-refractivity contribution in [3.05, 3.63) is 63.4 Å². The van der Waals surface area contributed by atoms with Crippen molar-refractivity contribution in [2.45, 2.75) is 19.9 Å². The van der Waals surface area contributed by atoms with Gasteiger partial charge in [-0.3, -0.25) is 4.79 Å². The van der Waals surface area contributed by atoms with Gasteiger partial charge in [-0.25, -0.2) is 4.39 Å². The van der Waals surface area contributed by atoms with E-state index in [1.807, 2.05) is 6.92 Å². The number of nitrogens with two attached hydrogens (primary N) is 1. The Labute approximate surface area is 131 Å². The topological polar surface area (TPSA) is 55.1 Å². The van der Waals surface area contributed by atoms with Crippen LogP contribution in [0.2, 0.25) is 0 Å². The van der Waals surface area contributed by atoms with Crippen molar-refractivity contribution in [1.29, 1.82) is 0 Å². The smallest absolute Gasteiger partial charge is 0.251 e. The standard InChI is InChI=1S/C16H16BrFN2O/c1-9-3-4-11(7-14(9)18)10(2)20-16(21)12-5-6-13(17)15(19)8-12/h3-8,10H,19H2,1-2H3,(H,20,21). The maximum Gasteiger partial charge on any atom is 0.251 e. The molecular formula is C16H16BrFN2O. The second-order valence-corrected chi connectivity index (χ2v) is 5.79. The normalized spacial score (nSPS) is 12.0. The summed E-state index contributed by atoms with van der Waals surface area (Å²) in [6.45, 7) is 3.51. The van der Waals surface area contributed by atoms with Gasteiger partial charge in [0.25, 0.3) is 5.91 Å². The Morgan fingerprint density at radius 1 is 1.29 bits per heavy atom. The molecule has 2 aromatic carbocycles. The van der Waals surface area contributed by atoms with E-state index in [2.05, 4.69) is 21.2 Å². The molecule has 21 heavy (non-hydrogen) atoms. The maximum atomic E-state index is 13.6. The van der Waals surface area contributed by atoms with Crippen LogP contribution in [0.1, 0.15) is 34.5 Å². The lowest BCUT2D eigenvalue weighted by molar-refractivity contribution is 0.0940. The molecule has 2 rings (SSSR count). The van der Waals surface area contributed by atoms with Crippen LogP contribution in [0.15, 0.2) is 40.9 Å². The molecule has 3 N–H and O–H groups in total. The third-order valence-corrected chi connectivity index (χ3v) is 4.02. The fraction of sp³-hybridized carbons (Fsp3) is 0.188. The molecule has 1 atom stereocenters. The molecular weight excluding hydrogens is 335 g/mol. The summed E-state index contributed by atoms with van der Waals surface area (Å²) in [6.07, 6.45) is 0. The van der Waals surface area contributed by atoms with Gasteiger partial charge >= 0.3 is 0 Å². The number of hydrogen-bond donors (Lipinski definition) is 2. The third kappa shape index (κ3) is 3.61. The molecule has 3 nitrogen and oxygen atoms in total. The number of hydrogen-bond acceptors (Lipinski definition) is 2. The third-order valence-electron chi connectivity index (χ3n) is 3.30. The minimum absolute atomic E-state index is 0.248. The molecule has 1 amide bonds. The van der Waals surface area contributed by atoms with Gasteiger partial charge in [0.1, 0.15) is 5.82 Å². The van der Waals surface area contributed by atoms with Crippen LogP contribution in [0.3, 0.4) is 0 Å². The maximum absolute atomic E-state index is 13.6. The fourth-order valence-corrected chi connectivity index (χ4v) is 2.17. The van der Waals surface area contributed by atoms with E-state index in [1.165, 1.54) is 6.07 Å². The van der Waals surface area contributed by atoms with Crippen molar-refractivity contribution < 1.29 is 9.18 Å². The molecule has 0 radical (unpaired) electrons. The fourth-order valence-electron chi connectivity index (χ4n) is 1.93. The van der Waals surface area contributed by atoms with E-state index in [-0.39, 0.29) is 17.8 Å². The van der Waals surface area contributed by atoms with E-state index >= 15 is 0 Å². The first-order chi connectivity index (χ1) is 9.88. The van der Waals surface area contributed by atoms with Crippen LogP contribution in [0.4, 0.5) is 10.1 Å². The number of aryl methyl sites for hydroxylation is 1. The van der Waals surface area contributed by atoms with Gasteiger partial charge in [0.05, 0.1) is 6.04 Å². The highest BCUT2D eigenvalue weighted by atomic mass is 79.9. The van der Waals surface area contributed by atoms with E-state index in [9.17, 15) is 9.18 Å². The van der Waals surface area contributed by atoms with Gasteiger partial charge in [-0.05, 0) is 65.2 Å². The Hall–Kier alpha value is -1.88. The van der Waals surface area contributed by atoms with Gasteiger partial charge in [-0.1, -0.05) is 12.1 Å². The largest absolute Gasteiger partial charge is 0.398 e. The zero-order chi connectivity index (χ0) is 15.6. The lowest BCUT2D eigenvalue weighted by Crippen LogP contribution is -2.26. The summed E-state index contributed by atoms with van der Waals surface area (Å²) in [5, 5.41) is 2.83. The van der Waals surface area contributed by atoms with Crippen molar-refractivity contribution in [3.63, 3.8) is 0 Å². The van der Waals surface area contributed by atoms with E-state index in [0.29, 0.717) is 16.8 Å². The van der Waals surface area contributed by atoms with E-state index in [1.54, 1.807) is 37.3 Å². The molecule has 0 bridgehead atoms. The Morgan fingerprint density at radius 3 is 2.62 bits per heavy atom. The predicted octanol–water partition coefficient (Wildman–Crippen LogP) is 3.97. The van der Waals surface area contributed by atoms with Gasteiger partial charge < -0.3 is 11.1 Å². The second-order valence-electron chi connectivity index (χ2n) is 4.94. The van der Waals surface area contributed by atoms with Crippen LogP contribution in [0.25, 0.3) is 0 Å². The lowest BCUT2D eigenvalue weighted by Gasteiger charge is -2.15. The summed E-state index contributed by atoms with van der Waals surface area (Å²) in [5.41, 5.74) is 8.03. The number of benzene rings is 2. The van der Waals surface area contributed by atoms with Gasteiger partial charge in [0.15, 0.2) is 0 Å². The first kappa shape index (κ1) is 15.5. The molecule has 5 heteroatoms. The Morgan fingerprint density at radius 2 is 2.00 bits per heavy atom. The highest BCUT2D eigenvalue weighted by Crippen LogP contribution is 2.21. The van der Waals surface area contributed by atoms with Crippen LogP contribution in [-0.2, 0) is 0 Å². The van der Waals surface area contributed by atoms with Gasteiger partial charge in [-0.15, -0.1) is 0 Å². The summed E-state index contributed by atoms with van der Waals surface area (Å²) in [5.74, 6) is -0.524. The Kier molecular flexibility index (Phi) is 4.63. The van der Waals surface area contributed by atoms with Gasteiger partial charge in [0.2, 0.25) is 0 Å². The zero-order valence-electron chi connectivity index (χ0n) is 11.8. The van der Waals surface area contributed by atoms with Crippen molar-refractivity contribution in [3.8, 4) is 0 Å². The Balaban J connectivity index is 2.14. The summed E-state index contributed by atoms with van der Waals surface area (Å²) in [7, 11) is 0. The predicted molar refractivity (Wildman–Crippen MR) is 85.6 cm³/mol. The monoisotopic (exact) mass is 350 g/mol. The molecule has 0 spiro atoms. The van der Waals surface area contributed by atoms with Crippen molar-refractivity contribution in [2.75, 3.05) is 5.73 Å². The number of amides is 1. The van der Waals surface area contributed by atoms with Crippen LogP contribution in [-0.4, -0.2) is 5.91 Å². The van der Waals surface area contributed by atoms with Crippen molar-refractivity contribution >= 4 is 27.5 Å². The van der Waals surface area contributed by atoms with Gasteiger partial charge in [0, 0.05) is 15.7 Å². The SMILES string of the molecule is Cc1ccc(C(C)NC(=O)c2ccc(Br)c(N)c2)cc1F. The molecule has 0 heterocycles. The molecule has 1 unspecified atom stereocenters. The van der Waals surface area contributed by atoms with E-state index in [4.69, 9.17) is 5.73 Å². The zero-order valence-corrected chi connectivity index (χ0v) is 13.4. The average Bonchev–Trinajstić information content (AvgIpc) is 2.44. The number of nitrogens with one attached hydrogen (secondary N) is 1. The molecule has 0 aromatic heterocycles. The highest BCUT2D eigenvalue weighted by molar-refractivity contribution is 9.10. The van der Waals surface area contributed by atoms with Crippen molar-refractivity contribution in [2.24, 2.45) is 0 Å². The molecule has 0 aliphatic rings. The molecule has 0 saturated carbocycles.